The van der Waals surface area contributed by atoms with E-state index in [0.29, 0.717) is 23.9 Å². The van der Waals surface area contributed by atoms with E-state index >= 15 is 0 Å². The molecule has 0 spiro atoms. The van der Waals surface area contributed by atoms with Crippen LogP contribution in [0.4, 0.5) is 11.4 Å². The van der Waals surface area contributed by atoms with Gasteiger partial charge in [-0.2, -0.15) is 0 Å². The lowest BCUT2D eigenvalue weighted by Gasteiger charge is -2.28. The van der Waals surface area contributed by atoms with Gasteiger partial charge in [0, 0.05) is 12.6 Å². The van der Waals surface area contributed by atoms with E-state index in [4.69, 9.17) is 4.74 Å². The van der Waals surface area contributed by atoms with Gasteiger partial charge >= 0.3 is 5.97 Å². The van der Waals surface area contributed by atoms with Crippen LogP contribution in [-0.2, 0) is 19.6 Å². The van der Waals surface area contributed by atoms with Crippen LogP contribution >= 0.6 is 11.3 Å². The number of thiophene rings is 1. The van der Waals surface area contributed by atoms with Gasteiger partial charge in [0.25, 0.3) is 10.0 Å². The summed E-state index contributed by atoms with van der Waals surface area (Å²) in [4.78, 5) is 26.6. The number of methoxy groups -OCH3 is 1. The van der Waals surface area contributed by atoms with E-state index in [9.17, 15) is 18.0 Å². The Kier molecular flexibility index (Phi) is 6.85. The first kappa shape index (κ1) is 24.1. The van der Waals surface area contributed by atoms with Crippen molar-refractivity contribution < 1.29 is 27.5 Å². The molecular weight excluding hydrogens is 452 g/mol. The van der Waals surface area contributed by atoms with Crippen molar-refractivity contribution in [3.8, 4) is 5.75 Å². The van der Waals surface area contributed by atoms with Crippen LogP contribution < -0.4 is 14.4 Å². The minimum atomic E-state index is -4.04. The minimum absolute atomic E-state index is 0.00165. The minimum Gasteiger partial charge on any atom is -0.490 e. The molecule has 1 aliphatic heterocycles. The van der Waals surface area contributed by atoms with Gasteiger partial charge < -0.3 is 14.4 Å². The van der Waals surface area contributed by atoms with Gasteiger partial charge in [-0.25, -0.2) is 13.2 Å². The van der Waals surface area contributed by atoms with Crippen molar-refractivity contribution in [2.45, 2.75) is 39.0 Å². The molecule has 0 atom stereocenters. The fourth-order valence-electron chi connectivity index (χ4n) is 3.28. The number of benzene rings is 1. The number of esters is 1. The molecule has 0 bridgehead atoms. The highest BCUT2D eigenvalue weighted by molar-refractivity contribution is 7.93. The molecule has 0 fully saturated rings. The van der Waals surface area contributed by atoms with Crippen molar-refractivity contribution in [1.82, 2.24) is 0 Å². The van der Waals surface area contributed by atoms with Crippen LogP contribution in [0.1, 0.15) is 43.8 Å². The second-order valence-electron chi connectivity index (χ2n) is 8.71. The number of fused-ring (bicyclic) bond motifs is 1. The molecule has 2 aromatic rings. The number of anilines is 2. The molecule has 0 unspecified atom stereocenters. The number of rotatable bonds is 7. The van der Waals surface area contributed by atoms with Crippen LogP contribution in [0.25, 0.3) is 0 Å². The third kappa shape index (κ3) is 4.91. The summed E-state index contributed by atoms with van der Waals surface area (Å²) >= 11 is 0.991. The topological polar surface area (TPSA) is 102 Å². The predicted molar refractivity (Wildman–Crippen MR) is 124 cm³/mol. The molecule has 3 rings (SSSR count). The molecule has 2 heterocycles. The smallest absolute Gasteiger partial charge is 0.349 e. The molecule has 32 heavy (non-hydrogen) atoms. The summed E-state index contributed by atoms with van der Waals surface area (Å²) < 4.78 is 38.9. The molecule has 1 aromatic carbocycles. The van der Waals surface area contributed by atoms with Gasteiger partial charge in [-0.1, -0.05) is 13.8 Å². The average molecular weight is 481 g/mol. The zero-order valence-corrected chi connectivity index (χ0v) is 20.4. The van der Waals surface area contributed by atoms with E-state index in [1.807, 2.05) is 13.8 Å². The number of ether oxygens (including phenoxy) is 2. The number of nitrogens with one attached hydrogen (secondary N) is 1. The maximum atomic E-state index is 13.1. The van der Waals surface area contributed by atoms with Crippen LogP contribution in [-0.4, -0.2) is 40.6 Å². The number of sulfonamides is 1. The molecule has 8 nitrogen and oxygen atoms in total. The molecule has 0 saturated heterocycles. The maximum Gasteiger partial charge on any atom is 0.349 e. The number of amides is 1. The van der Waals surface area contributed by atoms with Gasteiger partial charge in [-0.3, -0.25) is 9.52 Å². The SMILES string of the molecule is COC(=O)c1sccc1S(=O)(=O)Nc1ccc2c(c1)OCC(C)(C)C(=O)N2CCC(C)C. The van der Waals surface area contributed by atoms with Crippen molar-refractivity contribution >= 4 is 44.6 Å². The van der Waals surface area contributed by atoms with Gasteiger partial charge in [0.1, 0.15) is 22.1 Å². The number of hydrogen-bond acceptors (Lipinski definition) is 7. The van der Waals surface area contributed by atoms with Crippen molar-refractivity contribution in [2.75, 3.05) is 29.9 Å². The maximum absolute atomic E-state index is 13.1. The van der Waals surface area contributed by atoms with Crippen molar-refractivity contribution in [2.24, 2.45) is 11.3 Å². The Hall–Kier alpha value is -2.59. The molecule has 1 N–H and O–H groups in total. The van der Waals surface area contributed by atoms with Crippen LogP contribution in [0.15, 0.2) is 34.5 Å². The second kappa shape index (κ2) is 9.11. The Morgan fingerprint density at radius 3 is 2.69 bits per heavy atom. The van der Waals surface area contributed by atoms with Crippen LogP contribution in [0.3, 0.4) is 0 Å². The summed E-state index contributed by atoms with van der Waals surface area (Å²) in [5, 5.41) is 1.52. The molecule has 1 aromatic heterocycles. The highest BCUT2D eigenvalue weighted by Gasteiger charge is 2.38. The Morgan fingerprint density at radius 1 is 1.31 bits per heavy atom. The summed E-state index contributed by atoms with van der Waals surface area (Å²) in [6, 6.07) is 6.18. The third-order valence-corrected chi connectivity index (χ3v) is 7.58. The normalized spacial score (nSPS) is 15.7. The van der Waals surface area contributed by atoms with E-state index in [1.165, 1.54) is 18.6 Å². The molecule has 0 saturated carbocycles. The lowest BCUT2D eigenvalue weighted by atomic mass is 9.92. The van der Waals surface area contributed by atoms with Gasteiger partial charge in [0.15, 0.2) is 0 Å². The first-order chi connectivity index (χ1) is 15.0. The van der Waals surface area contributed by atoms with Crippen molar-refractivity contribution in [3.63, 3.8) is 0 Å². The van der Waals surface area contributed by atoms with Crippen molar-refractivity contribution in [3.05, 3.63) is 34.5 Å². The highest BCUT2D eigenvalue weighted by Crippen LogP contribution is 2.39. The Morgan fingerprint density at radius 2 is 2.03 bits per heavy atom. The molecule has 1 amide bonds. The molecule has 0 aliphatic carbocycles. The van der Waals surface area contributed by atoms with Gasteiger partial charge in [-0.05, 0) is 49.8 Å². The first-order valence-electron chi connectivity index (χ1n) is 10.2. The van der Waals surface area contributed by atoms with Gasteiger partial charge in [0.05, 0.1) is 23.9 Å². The van der Waals surface area contributed by atoms with E-state index in [-0.39, 0.29) is 28.0 Å². The standard InChI is InChI=1S/C22H28N2O6S2/c1-14(2)8-10-24-16-7-6-15(12-17(16)30-13-22(3,4)21(24)26)23-32(27,28)18-9-11-31-19(18)20(25)29-5/h6-7,9,11-12,14,23H,8,10,13H2,1-5H3. The van der Waals surface area contributed by atoms with Crippen LogP contribution in [0, 0.1) is 11.3 Å². The Labute approximate surface area is 192 Å². The number of carbonyl (C=O) groups excluding carboxylic acids is 2. The fourth-order valence-corrected chi connectivity index (χ4v) is 5.67. The third-order valence-electron chi connectivity index (χ3n) is 5.13. The molecule has 174 valence electrons. The average Bonchev–Trinajstić information content (AvgIpc) is 3.20. The molecule has 1 aliphatic rings. The zero-order valence-electron chi connectivity index (χ0n) is 18.8. The van der Waals surface area contributed by atoms with E-state index in [0.717, 1.165) is 17.8 Å². The highest BCUT2D eigenvalue weighted by atomic mass is 32.2. The van der Waals surface area contributed by atoms with E-state index in [1.54, 1.807) is 23.1 Å². The van der Waals surface area contributed by atoms with Crippen LogP contribution in [0.2, 0.25) is 0 Å². The number of hydrogen-bond donors (Lipinski definition) is 1. The van der Waals surface area contributed by atoms with Gasteiger partial charge in [-0.15, -0.1) is 11.3 Å². The Balaban J connectivity index is 1.94. The Bertz CT molecular complexity index is 1120. The summed E-state index contributed by atoms with van der Waals surface area (Å²) in [6.45, 7) is 8.56. The molecular formula is C22H28N2O6S2. The molecule has 0 radical (unpaired) electrons. The lowest BCUT2D eigenvalue weighted by Crippen LogP contribution is -2.42. The zero-order chi connectivity index (χ0) is 23.7. The number of nitrogens with zero attached hydrogens (tertiary/aromatic N) is 1. The largest absolute Gasteiger partial charge is 0.490 e. The lowest BCUT2D eigenvalue weighted by molar-refractivity contribution is -0.127. The summed E-state index contributed by atoms with van der Waals surface area (Å²) in [5.74, 6) is 0.0871. The number of carbonyl (C=O) groups is 2. The predicted octanol–water partition coefficient (Wildman–Crippen LogP) is 4.13. The fraction of sp³-hybridized carbons (Fsp3) is 0.455. The van der Waals surface area contributed by atoms with Crippen LogP contribution in [0.5, 0.6) is 5.75 Å². The van der Waals surface area contributed by atoms with Gasteiger partial charge in [0.2, 0.25) is 5.91 Å². The summed E-state index contributed by atoms with van der Waals surface area (Å²) in [6.07, 6.45) is 0.824. The van der Waals surface area contributed by atoms with E-state index < -0.39 is 21.4 Å². The monoisotopic (exact) mass is 480 g/mol. The second-order valence-corrected chi connectivity index (χ2v) is 11.3. The van der Waals surface area contributed by atoms with Crippen molar-refractivity contribution in [1.29, 1.82) is 0 Å². The first-order valence-corrected chi connectivity index (χ1v) is 12.6. The molecule has 10 heteroatoms. The summed E-state index contributed by atoms with van der Waals surface area (Å²) in [5.41, 5.74) is 0.151. The summed E-state index contributed by atoms with van der Waals surface area (Å²) in [7, 11) is -2.84. The quantitative estimate of drug-likeness (QED) is 0.598. The van der Waals surface area contributed by atoms with E-state index in [2.05, 4.69) is 23.3 Å².